The third kappa shape index (κ3) is 5.36. The van der Waals surface area contributed by atoms with E-state index in [-0.39, 0.29) is 24.9 Å². The average Bonchev–Trinajstić information content (AvgIpc) is 2.88. The van der Waals surface area contributed by atoms with Crippen molar-refractivity contribution in [3.63, 3.8) is 0 Å². The number of fused-ring (bicyclic) bond motifs is 1. The molecule has 0 aliphatic carbocycles. The smallest absolute Gasteiger partial charge is 0.407 e. The molecule has 1 aliphatic rings. The molecular formula is C19H29N3O4. The van der Waals surface area contributed by atoms with Gasteiger partial charge in [0, 0.05) is 24.5 Å². The van der Waals surface area contributed by atoms with Crippen molar-refractivity contribution >= 4 is 23.4 Å². The third-order valence-corrected chi connectivity index (χ3v) is 3.95. The number of amides is 2. The average molecular weight is 363 g/mol. The number of nitrogens with one attached hydrogen (secondary N) is 3. The Morgan fingerprint density at radius 2 is 2.00 bits per heavy atom. The standard InChI is InChI=1S/C19H29N3O4/c1-11(2)17-13-8-16(24)22-14(13)6-7-15(17)20-9-12(23)10-21-18(25)26-19(3,4)5/h6-7,11-12,20,23H,8-10H2,1-5H3,(H,21,25)(H,22,24)/t12-/m1/s1. The molecule has 7 heteroatoms. The van der Waals surface area contributed by atoms with E-state index in [1.165, 1.54) is 0 Å². The fraction of sp³-hybridized carbons (Fsp3) is 0.579. The van der Waals surface area contributed by atoms with Crippen LogP contribution in [0.2, 0.25) is 0 Å². The molecule has 1 atom stereocenters. The first-order valence-corrected chi connectivity index (χ1v) is 8.91. The molecule has 0 fully saturated rings. The summed E-state index contributed by atoms with van der Waals surface area (Å²) in [5.74, 6) is 0.234. The number of hydrogen-bond donors (Lipinski definition) is 4. The number of ether oxygens (including phenoxy) is 1. The Labute approximate surface area is 154 Å². The van der Waals surface area contributed by atoms with E-state index in [1.807, 2.05) is 12.1 Å². The molecule has 1 aliphatic heterocycles. The Kier molecular flexibility index (Phi) is 6.13. The van der Waals surface area contributed by atoms with Crippen LogP contribution in [0.5, 0.6) is 0 Å². The lowest BCUT2D eigenvalue weighted by Crippen LogP contribution is -2.39. The highest BCUT2D eigenvalue weighted by Crippen LogP contribution is 2.36. The zero-order valence-corrected chi connectivity index (χ0v) is 16.1. The molecule has 26 heavy (non-hydrogen) atoms. The van der Waals surface area contributed by atoms with Gasteiger partial charge in [-0.15, -0.1) is 0 Å². The number of rotatable bonds is 6. The van der Waals surface area contributed by atoms with Crippen molar-refractivity contribution in [3.8, 4) is 0 Å². The minimum atomic E-state index is -0.768. The molecule has 0 unspecified atom stereocenters. The molecule has 0 aromatic heterocycles. The van der Waals surface area contributed by atoms with Gasteiger partial charge in [0.1, 0.15) is 5.60 Å². The van der Waals surface area contributed by atoms with Crippen LogP contribution in [0.15, 0.2) is 12.1 Å². The first kappa shape index (κ1) is 20.0. The van der Waals surface area contributed by atoms with Gasteiger partial charge in [-0.2, -0.15) is 0 Å². The Morgan fingerprint density at radius 3 is 2.62 bits per heavy atom. The lowest BCUT2D eigenvalue weighted by Gasteiger charge is -2.22. The molecule has 2 rings (SSSR count). The second kappa shape index (κ2) is 7.95. The summed E-state index contributed by atoms with van der Waals surface area (Å²) < 4.78 is 5.14. The number of alkyl carbamates (subject to hydrolysis) is 1. The summed E-state index contributed by atoms with van der Waals surface area (Å²) in [6.07, 6.45) is -0.946. The molecule has 1 aromatic rings. The Balaban J connectivity index is 1.94. The molecular weight excluding hydrogens is 334 g/mol. The van der Waals surface area contributed by atoms with Gasteiger partial charge in [-0.1, -0.05) is 13.8 Å². The maximum atomic E-state index is 11.7. The summed E-state index contributed by atoms with van der Waals surface area (Å²) in [7, 11) is 0. The van der Waals surface area contributed by atoms with Gasteiger partial charge in [-0.3, -0.25) is 4.79 Å². The number of hydrogen-bond acceptors (Lipinski definition) is 5. The van der Waals surface area contributed by atoms with Crippen molar-refractivity contribution in [1.29, 1.82) is 0 Å². The van der Waals surface area contributed by atoms with Gasteiger partial charge in [-0.05, 0) is 49.9 Å². The van der Waals surface area contributed by atoms with E-state index in [4.69, 9.17) is 4.74 Å². The molecule has 1 aromatic carbocycles. The van der Waals surface area contributed by atoms with Crippen molar-refractivity contribution in [1.82, 2.24) is 5.32 Å². The first-order chi connectivity index (χ1) is 12.1. The van der Waals surface area contributed by atoms with Crippen molar-refractivity contribution in [3.05, 3.63) is 23.3 Å². The predicted molar refractivity (Wildman–Crippen MR) is 102 cm³/mol. The molecule has 0 saturated carbocycles. The van der Waals surface area contributed by atoms with Crippen molar-refractivity contribution in [2.75, 3.05) is 23.7 Å². The van der Waals surface area contributed by atoms with Crippen LogP contribution in [0.1, 0.15) is 51.7 Å². The van der Waals surface area contributed by atoms with Crippen molar-refractivity contribution in [2.45, 2.75) is 58.7 Å². The molecule has 4 N–H and O–H groups in total. The van der Waals surface area contributed by atoms with Crippen LogP contribution in [0.4, 0.5) is 16.2 Å². The molecule has 0 saturated heterocycles. The first-order valence-electron chi connectivity index (χ1n) is 8.91. The van der Waals surface area contributed by atoms with Gasteiger partial charge >= 0.3 is 6.09 Å². The van der Waals surface area contributed by atoms with Gasteiger partial charge < -0.3 is 25.8 Å². The van der Waals surface area contributed by atoms with E-state index < -0.39 is 17.8 Å². The molecule has 0 bridgehead atoms. The Hall–Kier alpha value is -2.28. The van der Waals surface area contributed by atoms with Crippen LogP contribution in [-0.4, -0.2) is 41.9 Å². The summed E-state index contributed by atoms with van der Waals surface area (Å²) >= 11 is 0. The summed E-state index contributed by atoms with van der Waals surface area (Å²) in [5.41, 5.74) is 3.27. The van der Waals surface area contributed by atoms with Gasteiger partial charge in [-0.25, -0.2) is 4.79 Å². The largest absolute Gasteiger partial charge is 0.444 e. The van der Waals surface area contributed by atoms with E-state index >= 15 is 0 Å². The molecule has 1 heterocycles. The number of aliphatic hydroxyl groups excluding tert-OH is 1. The summed E-state index contributed by atoms with van der Waals surface area (Å²) in [6.45, 7) is 9.86. The molecule has 0 radical (unpaired) electrons. The van der Waals surface area contributed by atoms with E-state index in [0.717, 1.165) is 22.5 Å². The van der Waals surface area contributed by atoms with E-state index in [0.29, 0.717) is 6.42 Å². The van der Waals surface area contributed by atoms with Gasteiger partial charge in [0.15, 0.2) is 0 Å². The van der Waals surface area contributed by atoms with Crippen molar-refractivity contribution in [2.24, 2.45) is 0 Å². The van der Waals surface area contributed by atoms with Crippen LogP contribution in [0, 0.1) is 0 Å². The fourth-order valence-corrected chi connectivity index (χ4v) is 2.96. The number of aliphatic hydroxyl groups is 1. The maximum absolute atomic E-state index is 11.7. The topological polar surface area (TPSA) is 99.7 Å². The highest BCUT2D eigenvalue weighted by Gasteiger charge is 2.24. The van der Waals surface area contributed by atoms with Crippen LogP contribution in [-0.2, 0) is 16.0 Å². The summed E-state index contributed by atoms with van der Waals surface area (Å²) in [6, 6.07) is 3.79. The second-order valence-corrected chi connectivity index (χ2v) is 7.85. The predicted octanol–water partition coefficient (Wildman–Crippen LogP) is 2.60. The van der Waals surface area contributed by atoms with Gasteiger partial charge in [0.05, 0.1) is 12.5 Å². The van der Waals surface area contributed by atoms with Gasteiger partial charge in [0.2, 0.25) is 5.91 Å². The van der Waals surface area contributed by atoms with Crippen LogP contribution in [0.3, 0.4) is 0 Å². The normalized spacial score (nSPS) is 14.7. The second-order valence-electron chi connectivity index (χ2n) is 7.85. The zero-order chi connectivity index (χ0) is 19.5. The Morgan fingerprint density at radius 1 is 1.31 bits per heavy atom. The molecule has 7 nitrogen and oxygen atoms in total. The third-order valence-electron chi connectivity index (χ3n) is 3.95. The SMILES string of the molecule is CC(C)c1c(NC[C@@H](O)CNC(=O)OC(C)(C)C)ccc2c1CC(=O)N2. The fourth-order valence-electron chi connectivity index (χ4n) is 2.96. The molecule has 2 amide bonds. The van der Waals surface area contributed by atoms with Gasteiger partial charge in [0.25, 0.3) is 0 Å². The van der Waals surface area contributed by atoms with Crippen LogP contribution >= 0.6 is 0 Å². The summed E-state index contributed by atoms with van der Waals surface area (Å²) in [5, 5.41) is 18.8. The minimum Gasteiger partial charge on any atom is -0.444 e. The number of benzene rings is 1. The highest BCUT2D eigenvalue weighted by atomic mass is 16.6. The van der Waals surface area contributed by atoms with Crippen LogP contribution < -0.4 is 16.0 Å². The van der Waals surface area contributed by atoms with Crippen LogP contribution in [0.25, 0.3) is 0 Å². The number of anilines is 2. The molecule has 0 spiro atoms. The number of carbonyl (C=O) groups excluding carboxylic acids is 2. The monoisotopic (exact) mass is 363 g/mol. The maximum Gasteiger partial charge on any atom is 0.407 e. The highest BCUT2D eigenvalue weighted by molar-refractivity contribution is 6.00. The zero-order valence-electron chi connectivity index (χ0n) is 16.1. The van der Waals surface area contributed by atoms with Crippen molar-refractivity contribution < 1.29 is 19.4 Å². The number of carbonyl (C=O) groups is 2. The van der Waals surface area contributed by atoms with E-state index in [9.17, 15) is 14.7 Å². The van der Waals surface area contributed by atoms with E-state index in [1.54, 1.807) is 20.8 Å². The lowest BCUT2D eigenvalue weighted by molar-refractivity contribution is -0.115. The summed E-state index contributed by atoms with van der Waals surface area (Å²) in [4.78, 5) is 23.3. The lowest BCUT2D eigenvalue weighted by atomic mass is 9.93. The molecule has 144 valence electrons. The quantitative estimate of drug-likeness (QED) is 0.623. The minimum absolute atomic E-state index is 0.000598. The Bertz CT molecular complexity index is 680. The van der Waals surface area contributed by atoms with E-state index in [2.05, 4.69) is 29.8 Å².